The minimum Gasteiger partial charge on any atom is -0.391 e. The molecule has 0 spiro atoms. The second-order valence-corrected chi connectivity index (χ2v) is 46.7. The number of aromatic nitrogens is 10. The Kier molecular flexibility index (Phi) is 34.2. The fourth-order valence-electron chi connectivity index (χ4n) is 18.1. The number of fused-ring (bicyclic) bond motifs is 5. The van der Waals surface area contributed by atoms with Crippen LogP contribution in [0.3, 0.4) is 0 Å². The maximum atomic E-state index is 11.7. The summed E-state index contributed by atoms with van der Waals surface area (Å²) in [5, 5.41) is 80.5. The molecule has 136 heavy (non-hydrogen) atoms. The molecule has 15 rings (SSSR count). The Hall–Kier alpha value is -9.50. The van der Waals surface area contributed by atoms with Crippen molar-refractivity contribution < 1.29 is 67.6 Å². The first kappa shape index (κ1) is 107. The van der Waals surface area contributed by atoms with E-state index >= 15 is 0 Å². The highest BCUT2D eigenvalue weighted by Gasteiger charge is 2.46. The summed E-state index contributed by atoms with van der Waals surface area (Å²) in [6.07, 6.45) is 13.8. The van der Waals surface area contributed by atoms with Gasteiger partial charge in [-0.15, -0.1) is 0 Å². The van der Waals surface area contributed by atoms with E-state index < -0.39 is 108 Å². The fourth-order valence-corrected chi connectivity index (χ4v) is 22.3. The quantitative estimate of drug-likeness (QED) is 0.0193. The van der Waals surface area contributed by atoms with Crippen LogP contribution in [0.25, 0.3) is 54.5 Å². The molecule has 5 aromatic heterocycles. The van der Waals surface area contributed by atoms with Gasteiger partial charge in [-0.25, -0.2) is 42.1 Å². The van der Waals surface area contributed by atoms with Crippen molar-refractivity contribution in [1.29, 1.82) is 0 Å². The van der Waals surface area contributed by atoms with Crippen LogP contribution in [0.5, 0.6) is 0 Å². The first-order chi connectivity index (χ1) is 64.0. The molecule has 0 saturated heterocycles. The molecule has 0 aliphatic heterocycles. The highest BCUT2D eigenvalue weighted by Crippen LogP contribution is 2.46. The lowest BCUT2D eigenvalue weighted by Crippen LogP contribution is -2.46. The number of nitrogens with zero attached hydrogens (tertiary/aromatic N) is 10. The smallest absolute Gasteiger partial charge is 0.229 e. The number of rotatable bonds is 31. The Morgan fingerprint density at radius 3 is 0.559 bits per heavy atom. The largest absolute Gasteiger partial charge is 0.391 e. The van der Waals surface area contributed by atoms with E-state index in [0.29, 0.717) is 93.9 Å². The van der Waals surface area contributed by atoms with Crippen LogP contribution in [0, 0.1) is 0 Å². The van der Waals surface area contributed by atoms with Crippen LogP contribution in [0.15, 0.2) is 266 Å². The SMILES string of the molecule is CCC(O)C(CC)(c1ccc(Br)cc1)n1ncc2c(NS(C)(=O)=O)cccc21.CCC(c1ccc(Br)cc1)(C(C)O)n1ncc2c(NS(C)(=O)=O)cccc21.CCC(c1ccc(Br)cc1)(C(C)O)n1ncc2c(NS(C)(=O)=O)cccc21.CCC(c1ccc(Br)cc1)(C(C)O)n1ncc2c(NS(C)(=O)=O)cccc21.CCC(c1ccc(Br)cc1)(C(C)O)n1ncc2c(NS(C)(=O)=O)cccc21. The number of benzene rings is 10. The Balaban J connectivity index is 0.000000163. The third kappa shape index (κ3) is 23.0. The molecule has 30 nitrogen and oxygen atoms in total. The molecule has 726 valence electrons. The molecule has 0 amide bonds. The van der Waals surface area contributed by atoms with E-state index in [1.54, 1.807) is 138 Å². The van der Waals surface area contributed by atoms with Crippen molar-refractivity contribution in [2.45, 2.75) is 166 Å². The maximum Gasteiger partial charge on any atom is 0.229 e. The Morgan fingerprint density at radius 1 is 0.265 bits per heavy atom. The number of nitrogens with one attached hydrogen (secondary N) is 5. The summed E-state index contributed by atoms with van der Waals surface area (Å²) < 4.78 is 143. The number of halogens is 5. The van der Waals surface area contributed by atoms with Gasteiger partial charge in [0.25, 0.3) is 0 Å². The van der Waals surface area contributed by atoms with Crippen LogP contribution in [0.4, 0.5) is 28.4 Å². The van der Waals surface area contributed by atoms with Crippen molar-refractivity contribution >= 4 is 213 Å². The minimum absolute atomic E-state index is 0.465. The molecule has 40 heteroatoms. The zero-order valence-electron chi connectivity index (χ0n) is 77.4. The van der Waals surface area contributed by atoms with Crippen molar-refractivity contribution in [3.8, 4) is 0 Å². The van der Waals surface area contributed by atoms with E-state index in [4.69, 9.17) is 0 Å². The molecule has 0 radical (unpaired) electrons. The van der Waals surface area contributed by atoms with Crippen molar-refractivity contribution in [3.63, 3.8) is 0 Å². The van der Waals surface area contributed by atoms with E-state index in [0.717, 1.165) is 109 Å². The van der Waals surface area contributed by atoms with Gasteiger partial charge in [-0.3, -0.25) is 47.0 Å². The Labute approximate surface area is 836 Å². The summed E-state index contributed by atoms with van der Waals surface area (Å²) in [6, 6.07) is 65.9. The third-order valence-corrected chi connectivity index (χ3v) is 30.1. The summed E-state index contributed by atoms with van der Waals surface area (Å²) in [6.45, 7) is 19.0. The van der Waals surface area contributed by atoms with Gasteiger partial charge in [-0.2, -0.15) is 25.5 Å². The highest BCUT2D eigenvalue weighted by atomic mass is 79.9. The van der Waals surface area contributed by atoms with Gasteiger partial charge >= 0.3 is 0 Å². The third-order valence-electron chi connectivity index (χ3n) is 24.6. The lowest BCUT2D eigenvalue weighted by molar-refractivity contribution is 0.0487. The van der Waals surface area contributed by atoms with Gasteiger partial charge in [-0.1, -0.05) is 212 Å². The van der Waals surface area contributed by atoms with Gasteiger partial charge in [0.15, 0.2) is 0 Å². The van der Waals surface area contributed by atoms with Crippen molar-refractivity contribution in [3.05, 3.63) is 293 Å². The van der Waals surface area contributed by atoms with Crippen LogP contribution >= 0.6 is 79.6 Å². The molecule has 10 atom stereocenters. The van der Waals surface area contributed by atoms with Crippen molar-refractivity contribution in [1.82, 2.24) is 48.9 Å². The number of aliphatic hydroxyl groups is 5. The summed E-state index contributed by atoms with van der Waals surface area (Å²) in [5.41, 5.74) is 6.79. The zero-order chi connectivity index (χ0) is 99.8. The Bertz CT molecular complexity index is 6650. The molecule has 10 aromatic carbocycles. The summed E-state index contributed by atoms with van der Waals surface area (Å²) >= 11 is 17.3. The predicted octanol–water partition coefficient (Wildman–Crippen LogP) is 18.9. The fraction of sp³-hybridized carbons (Fsp3) is 0.323. The number of anilines is 5. The Morgan fingerprint density at radius 2 is 0.419 bits per heavy atom. The van der Waals surface area contributed by atoms with Crippen LogP contribution < -0.4 is 23.6 Å². The summed E-state index contributed by atoms with van der Waals surface area (Å²) in [5.74, 6) is 0. The molecule has 0 aliphatic rings. The van der Waals surface area contributed by atoms with E-state index in [1.807, 2.05) is 198 Å². The van der Waals surface area contributed by atoms with E-state index in [-0.39, 0.29) is 0 Å². The summed E-state index contributed by atoms with van der Waals surface area (Å²) in [7, 11) is -17.1. The van der Waals surface area contributed by atoms with Crippen molar-refractivity contribution in [2.24, 2.45) is 0 Å². The molecular formula is C96H112Br5N15O15S5. The van der Waals surface area contributed by atoms with Crippen molar-refractivity contribution in [2.75, 3.05) is 54.9 Å². The number of hydrogen-bond donors (Lipinski definition) is 10. The molecular weight excluding hydrogens is 2160 g/mol. The average molecular weight is 2280 g/mol. The number of sulfonamides is 5. The maximum absolute atomic E-state index is 11.7. The zero-order valence-corrected chi connectivity index (χ0v) is 89.5. The van der Waals surface area contributed by atoms with Gasteiger partial charge in [0, 0.05) is 49.3 Å². The molecule has 10 unspecified atom stereocenters. The molecule has 15 aromatic rings. The van der Waals surface area contributed by atoms with Gasteiger partial charge in [0.2, 0.25) is 50.1 Å². The minimum atomic E-state index is -3.42. The van der Waals surface area contributed by atoms with Crippen LogP contribution in [0.1, 0.15) is 136 Å². The van der Waals surface area contributed by atoms with Crippen LogP contribution in [-0.4, -0.2) is 178 Å². The standard InChI is InChI=1S/C20H24BrN3O3S.4C19H22BrN3O3S/c1-4-19(25)20(5-2,14-9-11-15(21)12-10-14)24-18-8-6-7-17(16(18)13-22-24)23-28(3,26)27;4*1-4-19(13(2)24,14-8-10-15(20)11-9-14)23-18-7-5-6-17(16(18)12-21-23)22-27(3,25)26/h6-13,19,23,25H,4-5H2,1-3H3;4*5-13,22,24H,4H2,1-3H3. The van der Waals surface area contributed by atoms with E-state index in [9.17, 15) is 67.6 Å². The second-order valence-electron chi connectivity index (χ2n) is 33.4. The first-order valence-corrected chi connectivity index (χ1v) is 56.9. The van der Waals surface area contributed by atoms with Gasteiger partial charge in [0.05, 0.1) is 149 Å². The van der Waals surface area contributed by atoms with Crippen LogP contribution in [0.2, 0.25) is 0 Å². The first-order valence-electron chi connectivity index (χ1n) is 43.4. The lowest BCUT2D eigenvalue weighted by atomic mass is 9.80. The van der Waals surface area contributed by atoms with E-state index in [2.05, 4.69) is 129 Å². The summed E-state index contributed by atoms with van der Waals surface area (Å²) in [4.78, 5) is 0. The molecule has 10 N–H and O–H groups in total. The molecule has 0 aliphatic carbocycles. The van der Waals surface area contributed by atoms with Crippen LogP contribution in [-0.2, 0) is 77.8 Å². The molecule has 0 saturated carbocycles. The highest BCUT2D eigenvalue weighted by molar-refractivity contribution is 9.11. The topological polar surface area (TPSA) is 421 Å². The molecule has 5 heterocycles. The lowest BCUT2D eigenvalue weighted by Gasteiger charge is -2.38. The average Bonchev–Trinajstić information content (AvgIpc) is 0.811. The van der Waals surface area contributed by atoms with E-state index in [1.165, 1.54) is 0 Å². The number of aliphatic hydroxyl groups excluding tert-OH is 5. The second kappa shape index (κ2) is 43.5. The number of hydrogen-bond acceptors (Lipinski definition) is 20. The monoisotopic (exact) mass is 2270 g/mol. The van der Waals surface area contributed by atoms with Gasteiger partial charge in [0.1, 0.15) is 27.7 Å². The normalized spacial score (nSPS) is 15.4. The van der Waals surface area contributed by atoms with Gasteiger partial charge < -0.3 is 25.5 Å². The molecule has 0 bridgehead atoms. The molecule has 0 fully saturated rings. The van der Waals surface area contributed by atoms with Gasteiger partial charge in [-0.05, 0) is 215 Å². The predicted molar refractivity (Wildman–Crippen MR) is 562 cm³/mol.